The van der Waals surface area contributed by atoms with Gasteiger partial charge >= 0.3 is 0 Å². The van der Waals surface area contributed by atoms with Crippen LogP contribution in [0.2, 0.25) is 5.02 Å². The Hall–Kier alpha value is -2.97. The molecule has 0 aliphatic carbocycles. The number of nitrogens with one attached hydrogen (secondary N) is 1. The molecule has 1 saturated heterocycles. The fourth-order valence-electron chi connectivity index (χ4n) is 3.70. The molecule has 172 valence electrons. The topological polar surface area (TPSA) is 70.6 Å². The van der Waals surface area contributed by atoms with Crippen LogP contribution in [0.1, 0.15) is 5.56 Å². The van der Waals surface area contributed by atoms with Crippen LogP contribution in [0.3, 0.4) is 0 Å². The van der Waals surface area contributed by atoms with Gasteiger partial charge in [0, 0.05) is 43.0 Å². The summed E-state index contributed by atoms with van der Waals surface area (Å²) in [7, 11) is 1.70. The molecule has 1 N–H and O–H groups in total. The van der Waals surface area contributed by atoms with Gasteiger partial charge in [0.15, 0.2) is 0 Å². The molecule has 0 bridgehead atoms. The molecule has 1 aliphatic heterocycles. The first-order valence-electron chi connectivity index (χ1n) is 10.7. The molecule has 1 aliphatic rings. The minimum absolute atomic E-state index is 0.101. The second-order valence-electron chi connectivity index (χ2n) is 7.66. The summed E-state index contributed by atoms with van der Waals surface area (Å²) in [4.78, 5) is 25.8. The van der Waals surface area contributed by atoms with E-state index in [1.165, 1.54) is 11.8 Å². The van der Waals surface area contributed by atoms with E-state index in [1.54, 1.807) is 25.6 Å². The number of rotatable bonds is 7. The van der Waals surface area contributed by atoms with Crippen molar-refractivity contribution in [3.05, 3.63) is 65.4 Å². The van der Waals surface area contributed by atoms with Crippen LogP contribution < -0.4 is 19.9 Å². The van der Waals surface area contributed by atoms with Crippen molar-refractivity contribution in [2.24, 2.45) is 0 Å². The Labute approximate surface area is 203 Å². The standard InChI is InChI=1S/C24H26ClN5O2S/c1-17-7-8-18(25)13-19(17)28-23(31)15-33-24-14-22(26-16-27-24)30-11-9-29(10-12-30)20-5-3-4-6-21(20)32-2/h3-8,13-14,16H,9-12,15H2,1-2H3,(H,28,31). The highest BCUT2D eigenvalue weighted by atomic mass is 35.5. The molecule has 33 heavy (non-hydrogen) atoms. The van der Waals surface area contributed by atoms with Gasteiger partial charge in [-0.15, -0.1) is 0 Å². The maximum atomic E-state index is 12.4. The van der Waals surface area contributed by atoms with E-state index < -0.39 is 0 Å². The molecule has 0 radical (unpaired) electrons. The molecule has 7 nitrogen and oxygen atoms in total. The molecular formula is C24H26ClN5O2S. The number of carbonyl (C=O) groups excluding carboxylic acids is 1. The Bertz CT molecular complexity index is 1120. The van der Waals surface area contributed by atoms with Crippen molar-refractivity contribution < 1.29 is 9.53 Å². The van der Waals surface area contributed by atoms with Gasteiger partial charge in [0.05, 0.1) is 18.6 Å². The molecule has 0 saturated carbocycles. The van der Waals surface area contributed by atoms with Crippen LogP contribution in [0.15, 0.2) is 59.9 Å². The van der Waals surface area contributed by atoms with Crippen molar-refractivity contribution in [3.63, 3.8) is 0 Å². The van der Waals surface area contributed by atoms with Crippen LogP contribution >= 0.6 is 23.4 Å². The summed E-state index contributed by atoms with van der Waals surface area (Å²) in [6.45, 7) is 5.35. The van der Waals surface area contributed by atoms with Crippen molar-refractivity contribution in [1.29, 1.82) is 0 Å². The number of carbonyl (C=O) groups is 1. The number of hydrogen-bond acceptors (Lipinski definition) is 7. The summed E-state index contributed by atoms with van der Waals surface area (Å²) in [5.74, 6) is 1.91. The number of anilines is 3. The number of benzene rings is 2. The summed E-state index contributed by atoms with van der Waals surface area (Å²) < 4.78 is 5.50. The average molecular weight is 484 g/mol. The van der Waals surface area contributed by atoms with E-state index in [0.29, 0.717) is 5.02 Å². The third-order valence-corrected chi connectivity index (χ3v) is 6.64. The van der Waals surface area contributed by atoms with E-state index in [2.05, 4.69) is 31.2 Å². The molecule has 4 rings (SSSR count). The zero-order valence-corrected chi connectivity index (χ0v) is 20.2. The van der Waals surface area contributed by atoms with Gasteiger partial charge in [-0.2, -0.15) is 0 Å². The van der Waals surface area contributed by atoms with E-state index in [9.17, 15) is 4.79 Å². The van der Waals surface area contributed by atoms with Crippen molar-refractivity contribution in [2.75, 3.05) is 54.2 Å². The fourth-order valence-corrected chi connectivity index (χ4v) is 4.54. The van der Waals surface area contributed by atoms with Crippen LogP contribution in [0.25, 0.3) is 0 Å². The van der Waals surface area contributed by atoms with E-state index in [0.717, 1.165) is 59.7 Å². The zero-order valence-electron chi connectivity index (χ0n) is 18.6. The number of thioether (sulfide) groups is 1. The first-order valence-corrected chi connectivity index (χ1v) is 12.0. The highest BCUT2D eigenvalue weighted by molar-refractivity contribution is 7.99. The van der Waals surface area contributed by atoms with Gasteiger partial charge in [-0.1, -0.05) is 41.6 Å². The summed E-state index contributed by atoms with van der Waals surface area (Å²) in [6, 6.07) is 15.5. The van der Waals surface area contributed by atoms with Crippen LogP contribution in [0.4, 0.5) is 17.2 Å². The Kier molecular flexibility index (Phi) is 7.57. The van der Waals surface area contributed by atoms with Crippen LogP contribution in [0, 0.1) is 6.92 Å². The Morgan fingerprint density at radius 2 is 1.85 bits per heavy atom. The highest BCUT2D eigenvalue weighted by Gasteiger charge is 2.21. The van der Waals surface area contributed by atoms with Gasteiger partial charge in [0.2, 0.25) is 5.91 Å². The fraction of sp³-hybridized carbons (Fsp3) is 0.292. The second kappa shape index (κ2) is 10.8. The van der Waals surface area contributed by atoms with E-state index in [1.807, 2.05) is 37.3 Å². The maximum absolute atomic E-state index is 12.4. The molecule has 1 aromatic heterocycles. The molecule has 0 spiro atoms. The van der Waals surface area contributed by atoms with Gasteiger partial charge in [-0.25, -0.2) is 9.97 Å². The molecule has 1 fully saturated rings. The molecular weight excluding hydrogens is 458 g/mol. The van der Waals surface area contributed by atoms with Gasteiger partial charge in [-0.3, -0.25) is 4.79 Å². The lowest BCUT2D eigenvalue weighted by atomic mass is 10.2. The minimum Gasteiger partial charge on any atom is -0.495 e. The smallest absolute Gasteiger partial charge is 0.234 e. The molecule has 3 aromatic rings. The van der Waals surface area contributed by atoms with E-state index >= 15 is 0 Å². The Morgan fingerprint density at radius 3 is 2.64 bits per heavy atom. The normalized spacial score (nSPS) is 13.7. The Balaban J connectivity index is 1.33. The van der Waals surface area contributed by atoms with Crippen molar-refractivity contribution in [1.82, 2.24) is 9.97 Å². The quantitative estimate of drug-likeness (QED) is 0.391. The third kappa shape index (κ3) is 5.89. The number of nitrogens with zero attached hydrogens (tertiary/aromatic N) is 4. The molecule has 2 aromatic carbocycles. The maximum Gasteiger partial charge on any atom is 0.234 e. The number of ether oxygens (including phenoxy) is 1. The van der Waals surface area contributed by atoms with E-state index in [4.69, 9.17) is 16.3 Å². The predicted octanol–water partition coefficient (Wildman–Crippen LogP) is 4.50. The number of amides is 1. The van der Waals surface area contributed by atoms with Crippen LogP contribution in [-0.2, 0) is 4.79 Å². The number of hydrogen-bond donors (Lipinski definition) is 1. The highest BCUT2D eigenvalue weighted by Crippen LogP contribution is 2.29. The molecule has 0 unspecified atom stereocenters. The lowest BCUT2D eigenvalue weighted by Gasteiger charge is -2.37. The molecule has 0 atom stereocenters. The second-order valence-corrected chi connectivity index (χ2v) is 9.09. The zero-order chi connectivity index (χ0) is 23.2. The first kappa shape index (κ1) is 23.2. The number of para-hydroxylation sites is 2. The summed E-state index contributed by atoms with van der Waals surface area (Å²) >= 11 is 7.42. The molecule has 1 amide bonds. The van der Waals surface area contributed by atoms with Gasteiger partial charge < -0.3 is 19.9 Å². The van der Waals surface area contributed by atoms with Crippen LogP contribution in [0.5, 0.6) is 5.75 Å². The number of piperazine rings is 1. The molecule has 9 heteroatoms. The first-order chi connectivity index (χ1) is 16.0. The largest absolute Gasteiger partial charge is 0.495 e. The number of methoxy groups -OCH3 is 1. The Morgan fingerprint density at radius 1 is 1.09 bits per heavy atom. The number of aryl methyl sites for hydroxylation is 1. The number of aromatic nitrogens is 2. The average Bonchev–Trinajstić information content (AvgIpc) is 2.85. The van der Waals surface area contributed by atoms with Crippen molar-refractivity contribution in [2.45, 2.75) is 11.9 Å². The van der Waals surface area contributed by atoms with E-state index in [-0.39, 0.29) is 11.7 Å². The minimum atomic E-state index is -0.101. The summed E-state index contributed by atoms with van der Waals surface area (Å²) in [6.07, 6.45) is 1.56. The monoisotopic (exact) mass is 483 g/mol. The van der Waals surface area contributed by atoms with Crippen LogP contribution in [-0.4, -0.2) is 54.9 Å². The lowest BCUT2D eigenvalue weighted by molar-refractivity contribution is -0.113. The lowest BCUT2D eigenvalue weighted by Crippen LogP contribution is -2.47. The van der Waals surface area contributed by atoms with Gasteiger partial charge in [0.1, 0.15) is 22.9 Å². The summed E-state index contributed by atoms with van der Waals surface area (Å²) in [5, 5.41) is 4.28. The molecule has 2 heterocycles. The summed E-state index contributed by atoms with van der Waals surface area (Å²) in [5.41, 5.74) is 2.80. The van der Waals surface area contributed by atoms with Crippen molar-refractivity contribution in [3.8, 4) is 5.75 Å². The van der Waals surface area contributed by atoms with Gasteiger partial charge in [-0.05, 0) is 36.8 Å². The number of halogens is 1. The third-order valence-electron chi connectivity index (χ3n) is 5.48. The van der Waals surface area contributed by atoms with Crippen molar-refractivity contribution >= 4 is 46.5 Å². The SMILES string of the molecule is COc1ccccc1N1CCN(c2cc(SCC(=O)Nc3cc(Cl)ccc3C)ncn2)CC1. The predicted molar refractivity (Wildman–Crippen MR) is 135 cm³/mol. The van der Waals surface area contributed by atoms with Gasteiger partial charge in [0.25, 0.3) is 0 Å².